The molecule has 1 rings (SSSR count). The number of aryl methyl sites for hydroxylation is 1. The molecule has 0 aliphatic carbocycles. The van der Waals surface area contributed by atoms with Gasteiger partial charge in [0.2, 0.25) is 0 Å². The van der Waals surface area contributed by atoms with E-state index in [1.165, 1.54) is 24.7 Å². The van der Waals surface area contributed by atoms with Crippen LogP contribution in [0.15, 0.2) is 29.2 Å². The predicted octanol–water partition coefficient (Wildman–Crippen LogP) is 4.41. The SMILES string of the molecule is CC(C)(C)OCCOCCOCC(CNCC(=O)OCC(Br)(Br)Br)N[C-]=O.COOSc1ccc(C)cc1.[Fm]. The van der Waals surface area contributed by atoms with Crippen LogP contribution in [0, 0.1) is 6.92 Å². The number of ether oxygens (including phenoxy) is 4. The van der Waals surface area contributed by atoms with E-state index >= 15 is 0 Å². The molecule has 1 aromatic rings. The number of carbonyl (C=O) groups excluding carboxylic acids is 2. The third kappa shape index (κ3) is 28.0. The van der Waals surface area contributed by atoms with E-state index in [4.69, 9.17) is 18.9 Å². The summed E-state index contributed by atoms with van der Waals surface area (Å²) < 4.78 is 25.5. The fraction of sp³-hybridized carbons (Fsp3) is 0.667. The summed E-state index contributed by atoms with van der Waals surface area (Å²) in [5.41, 5.74) is 1.07. The number of amides is 1. The summed E-state index contributed by atoms with van der Waals surface area (Å²) in [7, 11) is 1.49. The van der Waals surface area contributed by atoms with Crippen molar-refractivity contribution in [2.24, 2.45) is 0 Å². The van der Waals surface area contributed by atoms with Crippen LogP contribution in [0.3, 0.4) is 0 Å². The van der Waals surface area contributed by atoms with Crippen molar-refractivity contribution < 1.29 is 37.8 Å². The van der Waals surface area contributed by atoms with Crippen LogP contribution in [0.5, 0.6) is 0 Å². The molecule has 0 spiro atoms. The zero-order valence-electron chi connectivity index (χ0n) is 22.6. The maximum atomic E-state index is 11.6. The monoisotopic (exact) mass is 1010 g/mol. The number of nitrogens with one attached hydrogen (secondary N) is 2. The van der Waals surface area contributed by atoms with Crippen LogP contribution in [0.1, 0.15) is 26.3 Å². The molecule has 1 atom stereocenters. The van der Waals surface area contributed by atoms with Crippen molar-refractivity contribution in [3.63, 3.8) is 0 Å². The summed E-state index contributed by atoms with van der Waals surface area (Å²) in [5.74, 6) is -0.418. The minimum absolute atomic E-state index is 0. The van der Waals surface area contributed by atoms with E-state index in [1.807, 2.05) is 52.0 Å². The first-order chi connectivity index (χ1) is 17.9. The van der Waals surface area contributed by atoms with E-state index in [9.17, 15) is 9.59 Å². The van der Waals surface area contributed by atoms with Gasteiger partial charge in [0.15, 0.2) is 2.14 Å². The maximum absolute atomic E-state index is 11.6. The van der Waals surface area contributed by atoms with Gasteiger partial charge in [0.1, 0.15) is 6.61 Å². The Morgan fingerprint density at radius 2 is 1.67 bits per heavy atom. The van der Waals surface area contributed by atoms with E-state index in [-0.39, 0.29) is 31.4 Å². The van der Waals surface area contributed by atoms with Gasteiger partial charge >= 0.3 is 5.97 Å². The topological polar surface area (TPSA) is 114 Å². The molecule has 1 aromatic carbocycles. The second kappa shape index (κ2) is 23.4. The van der Waals surface area contributed by atoms with Crippen molar-refractivity contribution in [3.05, 3.63) is 29.8 Å². The zero-order valence-corrected chi connectivity index (χ0v) is 30.6. The van der Waals surface area contributed by atoms with Gasteiger partial charge in [-0.15, -0.1) is 0 Å². The molecule has 15 heteroatoms. The molecule has 0 saturated carbocycles. The van der Waals surface area contributed by atoms with E-state index in [2.05, 4.69) is 67.6 Å². The van der Waals surface area contributed by atoms with Gasteiger partial charge in [-0.25, -0.2) is 4.89 Å². The third-order valence-corrected chi connectivity index (χ3v) is 5.35. The number of hydrogen-bond donors (Lipinski definition) is 2. The number of rotatable bonds is 18. The van der Waals surface area contributed by atoms with Gasteiger partial charge in [0.25, 0.3) is 0 Å². The van der Waals surface area contributed by atoms with Crippen LogP contribution in [-0.4, -0.2) is 86.0 Å². The molecule has 10 nitrogen and oxygen atoms in total. The largest absolute Gasteiger partial charge is 0.525 e. The second-order valence-corrected chi connectivity index (χ2v) is 16.7. The third-order valence-electron chi connectivity index (χ3n) is 3.99. The smallest absolute Gasteiger partial charge is 0.320 e. The molecular weight excluding hydrogens is 973 g/mol. The minimum atomic E-state index is -0.631. The van der Waals surface area contributed by atoms with E-state index in [1.54, 1.807) is 6.41 Å². The van der Waals surface area contributed by atoms with Crippen LogP contribution in [0.2, 0.25) is 0 Å². The molecule has 232 valence electrons. The van der Waals surface area contributed by atoms with Crippen molar-refractivity contribution in [3.8, 4) is 0 Å². The summed E-state index contributed by atoms with van der Waals surface area (Å²) in [5, 5.41) is 5.41. The first-order valence-electron chi connectivity index (χ1n) is 11.7. The number of benzene rings is 1. The fourth-order valence-electron chi connectivity index (χ4n) is 2.32. The zero-order chi connectivity index (χ0) is 28.9. The molecule has 0 radical (unpaired) electrons. The van der Waals surface area contributed by atoms with Crippen LogP contribution < -0.4 is 10.6 Å². The van der Waals surface area contributed by atoms with Crippen molar-refractivity contribution in [1.82, 2.24) is 10.6 Å². The van der Waals surface area contributed by atoms with Crippen LogP contribution in [-0.2, 0) is 37.8 Å². The van der Waals surface area contributed by atoms with Gasteiger partial charge < -0.3 is 34.4 Å². The molecule has 39 heavy (non-hydrogen) atoms. The maximum Gasteiger partial charge on any atom is 0.320 e. The van der Waals surface area contributed by atoms with Crippen molar-refractivity contribution in [2.45, 2.75) is 46.4 Å². The molecule has 0 bridgehead atoms. The Morgan fingerprint density at radius 3 is 2.23 bits per heavy atom. The standard InChI is InChI=1S/C16H28Br3N2O6.C8H10O2S.Fm/c1-15(2,3)27-7-6-24-4-5-25-10-13(21-12-22)8-20-9-14(23)26-11-16(17,18)19;1-7-3-5-8(6-4-7)11-10-9-2;/h13,20H,4-11H2,1-3H3,(H,21,22);3-6H,1-2H3;/q-1;;. The van der Waals surface area contributed by atoms with Crippen LogP contribution >= 0.6 is 59.8 Å². The molecule has 0 aliphatic heterocycles. The molecule has 1 unspecified atom stereocenters. The van der Waals surface area contributed by atoms with Gasteiger partial charge in [0, 0.05) is 17.5 Å². The quantitative estimate of drug-likeness (QED) is 0.0321. The number of hydrogen-bond acceptors (Lipinski definition) is 10. The number of halogens is 3. The summed E-state index contributed by atoms with van der Waals surface area (Å²) in [6.07, 6.45) is 1.63. The average Bonchev–Trinajstić information content (AvgIpc) is 2.83. The Morgan fingerprint density at radius 1 is 1.05 bits per heavy atom. The van der Waals surface area contributed by atoms with Gasteiger partial charge in [-0.2, -0.15) is 10.7 Å². The molecule has 0 heterocycles. The Hall–Kier alpha value is -1.29. The molecule has 0 aromatic heterocycles. The van der Waals surface area contributed by atoms with Gasteiger partial charge in [-0.1, -0.05) is 65.5 Å². The Labute approximate surface area is 255 Å². The predicted molar refractivity (Wildman–Crippen MR) is 158 cm³/mol. The summed E-state index contributed by atoms with van der Waals surface area (Å²) in [4.78, 5) is 27.6. The van der Waals surface area contributed by atoms with Gasteiger partial charge in [0.05, 0.1) is 64.3 Å². The van der Waals surface area contributed by atoms with Crippen LogP contribution in [0.25, 0.3) is 0 Å². The molecule has 0 saturated heterocycles. The molecule has 0 aliphatic rings. The first-order valence-corrected chi connectivity index (χ1v) is 14.8. The molecular formula is C24H38Br3FmN2O8S-. The number of alkyl halides is 3. The normalized spacial score (nSPS) is 12.0. The molecule has 2 N–H and O–H groups in total. The summed E-state index contributed by atoms with van der Waals surface area (Å²) in [6.45, 7) is 10.6. The van der Waals surface area contributed by atoms with Gasteiger partial charge in [-0.05, 0) is 39.8 Å². The van der Waals surface area contributed by atoms with E-state index < -0.39 is 8.11 Å². The van der Waals surface area contributed by atoms with E-state index in [0.717, 1.165) is 4.90 Å². The molecule has 1 amide bonds. The fourth-order valence-corrected chi connectivity index (χ4v) is 3.05. The number of carbonyl (C=O) groups is 1. The van der Waals surface area contributed by atoms with E-state index in [0.29, 0.717) is 33.0 Å². The Balaban J connectivity index is 0. The van der Waals surface area contributed by atoms with Crippen molar-refractivity contribution in [1.29, 1.82) is 0 Å². The number of esters is 1. The van der Waals surface area contributed by atoms with Crippen molar-refractivity contribution >= 4 is 72.2 Å². The first kappa shape index (κ1) is 39.9. The Kier molecular flexibility index (Phi) is 23.9. The Bertz CT molecular complexity index is 756. The second-order valence-electron chi connectivity index (χ2n) is 8.63. The summed E-state index contributed by atoms with van der Waals surface area (Å²) >= 11 is 10.9. The summed E-state index contributed by atoms with van der Waals surface area (Å²) in [6, 6.07) is 7.71. The van der Waals surface area contributed by atoms with Crippen LogP contribution in [0.4, 0.5) is 0 Å². The molecule has 0 fully saturated rings. The minimum Gasteiger partial charge on any atom is -0.525 e. The average molecular weight is 1010 g/mol. The van der Waals surface area contributed by atoms with Crippen molar-refractivity contribution in [2.75, 3.05) is 59.8 Å². The van der Waals surface area contributed by atoms with Gasteiger partial charge in [-0.3, -0.25) is 4.79 Å².